The van der Waals surface area contributed by atoms with Gasteiger partial charge in [-0.2, -0.15) is 0 Å². The lowest BCUT2D eigenvalue weighted by atomic mass is 10.1. The van der Waals surface area contributed by atoms with Crippen molar-refractivity contribution < 1.29 is 4.92 Å². The van der Waals surface area contributed by atoms with Gasteiger partial charge in [0.15, 0.2) is 0 Å². The second kappa shape index (κ2) is 6.60. The van der Waals surface area contributed by atoms with Crippen molar-refractivity contribution in [2.45, 2.75) is 0 Å². The fourth-order valence-electron chi connectivity index (χ4n) is 2.81. The van der Waals surface area contributed by atoms with Crippen LogP contribution in [-0.4, -0.2) is 19.9 Å². The van der Waals surface area contributed by atoms with E-state index < -0.39 is 4.92 Å². The van der Waals surface area contributed by atoms with E-state index in [1.54, 1.807) is 24.5 Å². The molecule has 0 radical (unpaired) electrons. The summed E-state index contributed by atoms with van der Waals surface area (Å²) in [7, 11) is 0. The van der Waals surface area contributed by atoms with Crippen LogP contribution in [0.1, 0.15) is 0 Å². The molecule has 0 fully saturated rings. The molecule has 0 amide bonds. The number of nitrogens with zero attached hydrogens (tertiary/aromatic N) is 3. The lowest BCUT2D eigenvalue weighted by Gasteiger charge is -2.02. The second-order valence-electron chi connectivity index (χ2n) is 5.72. The van der Waals surface area contributed by atoms with Crippen molar-refractivity contribution in [3.63, 3.8) is 0 Å². The molecule has 0 atom stereocenters. The van der Waals surface area contributed by atoms with Crippen LogP contribution < -0.4 is 0 Å². The number of aromatic nitrogens is 3. The summed E-state index contributed by atoms with van der Waals surface area (Å²) >= 11 is 0. The third kappa shape index (κ3) is 2.95. The summed E-state index contributed by atoms with van der Waals surface area (Å²) in [4.78, 5) is 22.8. The molecule has 6 heteroatoms. The molecular weight excluding hydrogens is 328 g/mol. The smallest absolute Gasteiger partial charge is 0.270 e. The average molecular weight is 342 g/mol. The Labute approximate surface area is 149 Å². The zero-order valence-corrected chi connectivity index (χ0v) is 13.7. The number of nitro benzene ring substituents is 1. The van der Waals surface area contributed by atoms with E-state index in [-0.39, 0.29) is 5.69 Å². The molecule has 4 rings (SSSR count). The maximum absolute atomic E-state index is 11.1. The highest BCUT2D eigenvalue weighted by Gasteiger charge is 2.16. The Morgan fingerprint density at radius 2 is 1.58 bits per heavy atom. The highest BCUT2D eigenvalue weighted by Crippen LogP contribution is 2.33. The summed E-state index contributed by atoms with van der Waals surface area (Å²) in [6.07, 6.45) is 3.44. The van der Waals surface area contributed by atoms with Crippen LogP contribution in [0.25, 0.3) is 33.9 Å². The van der Waals surface area contributed by atoms with Crippen molar-refractivity contribution >= 4 is 5.69 Å². The number of aromatic amines is 1. The highest BCUT2D eigenvalue weighted by molar-refractivity contribution is 5.81. The van der Waals surface area contributed by atoms with Gasteiger partial charge < -0.3 is 4.98 Å². The molecule has 126 valence electrons. The fraction of sp³-hybridized carbons (Fsp3) is 0. The number of non-ortho nitro benzene ring substituents is 1. The third-order valence-electron chi connectivity index (χ3n) is 4.05. The molecule has 0 unspecified atom stereocenters. The van der Waals surface area contributed by atoms with E-state index in [1.807, 2.05) is 42.5 Å². The Kier molecular flexibility index (Phi) is 3.99. The molecule has 2 heterocycles. The van der Waals surface area contributed by atoms with Crippen LogP contribution in [0.15, 0.2) is 79.1 Å². The van der Waals surface area contributed by atoms with Crippen molar-refractivity contribution in [3.05, 3.63) is 89.2 Å². The molecule has 2 aromatic heterocycles. The van der Waals surface area contributed by atoms with Gasteiger partial charge in [-0.15, -0.1) is 0 Å². The van der Waals surface area contributed by atoms with Crippen molar-refractivity contribution in [1.29, 1.82) is 0 Å². The molecule has 26 heavy (non-hydrogen) atoms. The topological polar surface area (TPSA) is 84.7 Å². The van der Waals surface area contributed by atoms with Crippen LogP contribution in [0, 0.1) is 10.1 Å². The lowest BCUT2D eigenvalue weighted by molar-refractivity contribution is -0.384. The Morgan fingerprint density at radius 3 is 2.31 bits per heavy atom. The Hall–Kier alpha value is -3.80. The van der Waals surface area contributed by atoms with Gasteiger partial charge in [0.25, 0.3) is 5.69 Å². The van der Waals surface area contributed by atoms with E-state index in [9.17, 15) is 10.1 Å². The van der Waals surface area contributed by atoms with Crippen molar-refractivity contribution in [2.75, 3.05) is 0 Å². The molecule has 0 saturated heterocycles. The lowest BCUT2D eigenvalue weighted by Crippen LogP contribution is -1.89. The van der Waals surface area contributed by atoms with Crippen LogP contribution in [-0.2, 0) is 0 Å². The first-order chi connectivity index (χ1) is 12.7. The quantitative estimate of drug-likeness (QED) is 0.430. The summed E-state index contributed by atoms with van der Waals surface area (Å²) < 4.78 is 0. The first kappa shape index (κ1) is 15.7. The molecular formula is C20H14N4O2. The average Bonchev–Trinajstić information content (AvgIpc) is 3.15. The van der Waals surface area contributed by atoms with Crippen molar-refractivity contribution in [2.24, 2.45) is 0 Å². The molecule has 0 aliphatic rings. The molecule has 0 saturated carbocycles. The maximum atomic E-state index is 11.1. The molecule has 1 N–H and O–H groups in total. The summed E-state index contributed by atoms with van der Waals surface area (Å²) in [5, 5.41) is 11.1. The number of imidazole rings is 1. The van der Waals surface area contributed by atoms with Gasteiger partial charge in [0, 0.05) is 41.2 Å². The maximum Gasteiger partial charge on any atom is 0.270 e. The SMILES string of the molecule is O=[N+]([O-])c1cccc(-c2nc(-c3ccccc3)c(-c3ccncc3)[nH]2)c1. The predicted octanol–water partition coefficient (Wildman–Crippen LogP) is 4.71. The van der Waals surface area contributed by atoms with E-state index in [2.05, 4.69) is 9.97 Å². The van der Waals surface area contributed by atoms with Gasteiger partial charge in [0.1, 0.15) is 5.82 Å². The van der Waals surface area contributed by atoms with Gasteiger partial charge >= 0.3 is 0 Å². The van der Waals surface area contributed by atoms with E-state index in [0.29, 0.717) is 11.4 Å². The predicted molar refractivity (Wildman–Crippen MR) is 99.3 cm³/mol. The molecule has 0 aliphatic heterocycles. The van der Waals surface area contributed by atoms with Crippen LogP contribution in [0.3, 0.4) is 0 Å². The molecule has 2 aromatic carbocycles. The Balaban J connectivity index is 1.89. The number of benzene rings is 2. The zero-order valence-electron chi connectivity index (χ0n) is 13.7. The minimum absolute atomic E-state index is 0.0330. The molecule has 0 spiro atoms. The van der Waals surface area contributed by atoms with Gasteiger partial charge in [-0.05, 0) is 12.1 Å². The Morgan fingerprint density at radius 1 is 0.846 bits per heavy atom. The number of nitrogens with one attached hydrogen (secondary N) is 1. The van der Waals surface area contributed by atoms with E-state index in [1.165, 1.54) is 12.1 Å². The monoisotopic (exact) mass is 342 g/mol. The van der Waals surface area contributed by atoms with E-state index in [4.69, 9.17) is 4.98 Å². The van der Waals surface area contributed by atoms with Gasteiger partial charge in [-0.1, -0.05) is 42.5 Å². The minimum Gasteiger partial charge on any atom is -0.337 e. The summed E-state index contributed by atoms with van der Waals surface area (Å²) in [6.45, 7) is 0. The van der Waals surface area contributed by atoms with Crippen LogP contribution in [0.5, 0.6) is 0 Å². The largest absolute Gasteiger partial charge is 0.337 e. The summed E-state index contributed by atoms with van der Waals surface area (Å²) in [5.74, 6) is 0.583. The Bertz CT molecular complexity index is 1000. The third-order valence-corrected chi connectivity index (χ3v) is 4.05. The van der Waals surface area contributed by atoms with Crippen LogP contribution >= 0.6 is 0 Å². The number of nitro groups is 1. The van der Waals surface area contributed by atoms with E-state index >= 15 is 0 Å². The summed E-state index contributed by atoms with van der Waals surface area (Å²) in [5.41, 5.74) is 4.25. The van der Waals surface area contributed by atoms with E-state index in [0.717, 1.165) is 22.5 Å². The number of rotatable bonds is 4. The molecule has 6 nitrogen and oxygen atoms in total. The zero-order chi connectivity index (χ0) is 17.9. The van der Waals surface area contributed by atoms with Gasteiger partial charge in [0.05, 0.1) is 16.3 Å². The second-order valence-corrected chi connectivity index (χ2v) is 5.72. The first-order valence-corrected chi connectivity index (χ1v) is 8.03. The normalized spacial score (nSPS) is 10.6. The van der Waals surface area contributed by atoms with Crippen molar-refractivity contribution in [3.8, 4) is 33.9 Å². The number of hydrogen-bond acceptors (Lipinski definition) is 4. The van der Waals surface area contributed by atoms with Gasteiger partial charge in [-0.3, -0.25) is 15.1 Å². The van der Waals surface area contributed by atoms with Crippen LogP contribution in [0.2, 0.25) is 0 Å². The summed E-state index contributed by atoms with van der Waals surface area (Å²) in [6, 6.07) is 20.1. The number of hydrogen-bond donors (Lipinski definition) is 1. The standard InChI is InChI=1S/C20H14N4O2/c25-24(26)17-8-4-7-16(13-17)20-22-18(14-5-2-1-3-6-14)19(23-20)15-9-11-21-12-10-15/h1-13H,(H,22,23). The van der Waals surface area contributed by atoms with Gasteiger partial charge in [-0.25, -0.2) is 4.98 Å². The molecule has 0 bridgehead atoms. The molecule has 4 aromatic rings. The van der Waals surface area contributed by atoms with Gasteiger partial charge in [0.2, 0.25) is 0 Å². The number of H-pyrrole nitrogens is 1. The van der Waals surface area contributed by atoms with Crippen LogP contribution in [0.4, 0.5) is 5.69 Å². The number of pyridine rings is 1. The first-order valence-electron chi connectivity index (χ1n) is 8.03. The molecule has 0 aliphatic carbocycles. The highest BCUT2D eigenvalue weighted by atomic mass is 16.6. The fourth-order valence-corrected chi connectivity index (χ4v) is 2.81. The minimum atomic E-state index is -0.408. The van der Waals surface area contributed by atoms with Crippen molar-refractivity contribution in [1.82, 2.24) is 15.0 Å².